The average molecular weight is 411 g/mol. The third-order valence-electron chi connectivity index (χ3n) is 5.18. The molecule has 1 aromatic carbocycles. The van der Waals surface area contributed by atoms with Gasteiger partial charge in [0.25, 0.3) is 0 Å². The highest BCUT2D eigenvalue weighted by Gasteiger charge is 1.94. The Balaban J connectivity index is 0.000000797. The van der Waals surface area contributed by atoms with E-state index in [1.807, 2.05) is 18.2 Å². The van der Waals surface area contributed by atoms with Crippen LogP contribution in [0.3, 0.4) is 0 Å². The molecule has 0 heterocycles. The van der Waals surface area contributed by atoms with Crippen molar-refractivity contribution < 1.29 is 0 Å². The number of halogens is 1. The minimum absolute atomic E-state index is 0.178. The van der Waals surface area contributed by atoms with Crippen LogP contribution in [0.5, 0.6) is 0 Å². The van der Waals surface area contributed by atoms with Crippen molar-refractivity contribution in [2.24, 2.45) is 0 Å². The molecule has 27 heavy (non-hydrogen) atoms. The molecule has 0 aromatic heterocycles. The van der Waals surface area contributed by atoms with Gasteiger partial charge in [-0.15, -0.1) is 0 Å². The quantitative estimate of drug-likeness (QED) is 0.136. The predicted octanol–water partition coefficient (Wildman–Crippen LogP) is 8.98. The van der Waals surface area contributed by atoms with Gasteiger partial charge in [-0.1, -0.05) is 146 Å². The van der Waals surface area contributed by atoms with Gasteiger partial charge >= 0.3 is 0 Å². The molecule has 0 spiro atoms. The highest BCUT2D eigenvalue weighted by atomic mass is 35.6. The molecule has 0 aliphatic carbocycles. The third kappa shape index (κ3) is 23.7. The molecule has 158 valence electrons. The molecule has 1 aromatic rings. The van der Waals surface area contributed by atoms with Gasteiger partial charge in [0.15, 0.2) is 0 Å². The van der Waals surface area contributed by atoms with Crippen LogP contribution in [0.2, 0.25) is 6.04 Å². The lowest BCUT2D eigenvalue weighted by Gasteiger charge is -2.03. The maximum atomic E-state index is 5.81. The number of rotatable bonds is 17. The molecule has 0 N–H and O–H groups in total. The highest BCUT2D eigenvalue weighted by molar-refractivity contribution is 6.93. The molecule has 0 bridgehead atoms. The number of hydrogen-bond acceptors (Lipinski definition) is 0. The second kappa shape index (κ2) is 23.8. The zero-order chi connectivity index (χ0) is 19.8. The Labute approximate surface area is 178 Å². The first kappa shape index (κ1) is 26.7. The van der Waals surface area contributed by atoms with Crippen molar-refractivity contribution in [3.05, 3.63) is 35.9 Å². The summed E-state index contributed by atoms with van der Waals surface area (Å²) in [6.07, 6.45) is 23.3. The van der Waals surface area contributed by atoms with E-state index in [1.165, 1.54) is 114 Å². The Morgan fingerprint density at radius 1 is 0.593 bits per heavy atom. The van der Waals surface area contributed by atoms with Crippen LogP contribution in [-0.2, 0) is 0 Å². The van der Waals surface area contributed by atoms with E-state index in [0.717, 1.165) is 0 Å². The van der Waals surface area contributed by atoms with Gasteiger partial charge in [0.05, 0.1) is 0 Å². The van der Waals surface area contributed by atoms with Gasteiger partial charge in [-0.25, -0.2) is 0 Å². The van der Waals surface area contributed by atoms with Crippen LogP contribution in [0.15, 0.2) is 30.3 Å². The highest BCUT2D eigenvalue weighted by Crippen LogP contribution is 2.14. The summed E-state index contributed by atoms with van der Waals surface area (Å²) >= 11 is 5.81. The fourth-order valence-corrected chi connectivity index (χ4v) is 4.46. The summed E-state index contributed by atoms with van der Waals surface area (Å²) in [5.74, 6) is 0. The van der Waals surface area contributed by atoms with Crippen LogP contribution < -0.4 is 0 Å². The second-order valence-corrected chi connectivity index (χ2v) is 10.2. The molecule has 0 unspecified atom stereocenters. The second-order valence-electron chi connectivity index (χ2n) is 8.00. The van der Waals surface area contributed by atoms with Gasteiger partial charge in [0.2, 0.25) is 0 Å². The lowest BCUT2D eigenvalue weighted by Crippen LogP contribution is -1.84. The summed E-state index contributed by atoms with van der Waals surface area (Å²) in [6.45, 7) is 4.38. The lowest BCUT2D eigenvalue weighted by atomic mass is 10.0. The van der Waals surface area contributed by atoms with E-state index in [9.17, 15) is 0 Å². The first-order chi connectivity index (χ1) is 13.3. The lowest BCUT2D eigenvalue weighted by molar-refractivity contribution is 0.531. The van der Waals surface area contributed by atoms with Crippen LogP contribution in [0, 0.1) is 6.92 Å². The van der Waals surface area contributed by atoms with Crippen LogP contribution in [0.1, 0.15) is 115 Å². The molecule has 0 nitrogen and oxygen atoms in total. The van der Waals surface area contributed by atoms with Crippen LogP contribution in [0.4, 0.5) is 0 Å². The van der Waals surface area contributed by atoms with Crippen molar-refractivity contribution >= 4 is 19.9 Å². The molecule has 0 saturated carbocycles. The SMILES string of the molecule is CCCCCCCCCCCCCCCCCC[SiH2]Cl.Cc1ccccc1. The number of benzene rings is 1. The van der Waals surface area contributed by atoms with Crippen molar-refractivity contribution in [3.8, 4) is 0 Å². The first-order valence-electron chi connectivity index (χ1n) is 11.9. The van der Waals surface area contributed by atoms with Gasteiger partial charge < -0.3 is 0 Å². The number of unbranched alkanes of at least 4 members (excludes halogenated alkanes) is 15. The summed E-state index contributed by atoms with van der Waals surface area (Å²) in [6, 6.07) is 11.6. The van der Waals surface area contributed by atoms with E-state index in [-0.39, 0.29) is 8.83 Å². The van der Waals surface area contributed by atoms with Crippen LogP contribution in [0.25, 0.3) is 0 Å². The molecule has 0 aliphatic rings. The van der Waals surface area contributed by atoms with Crippen molar-refractivity contribution in [1.29, 1.82) is 0 Å². The zero-order valence-corrected chi connectivity index (χ0v) is 20.7. The molecule has 0 saturated heterocycles. The van der Waals surface area contributed by atoms with E-state index in [2.05, 4.69) is 26.0 Å². The number of aryl methyl sites for hydroxylation is 1. The van der Waals surface area contributed by atoms with Gasteiger partial charge in [0.1, 0.15) is 8.83 Å². The van der Waals surface area contributed by atoms with E-state index < -0.39 is 0 Å². The van der Waals surface area contributed by atoms with Gasteiger partial charge in [-0.3, -0.25) is 0 Å². The van der Waals surface area contributed by atoms with Crippen LogP contribution >= 0.6 is 11.1 Å². The summed E-state index contributed by atoms with van der Waals surface area (Å²) in [5.41, 5.74) is 1.32. The Kier molecular flexibility index (Phi) is 23.5. The fraction of sp³-hybridized carbons (Fsp3) is 0.760. The molecule has 0 aliphatic heterocycles. The van der Waals surface area contributed by atoms with Crippen molar-refractivity contribution in [1.82, 2.24) is 0 Å². The molecular formula is C25H47ClSi. The van der Waals surface area contributed by atoms with E-state index in [0.29, 0.717) is 0 Å². The van der Waals surface area contributed by atoms with Crippen LogP contribution in [-0.4, -0.2) is 8.83 Å². The monoisotopic (exact) mass is 410 g/mol. The fourth-order valence-electron chi connectivity index (χ4n) is 3.35. The van der Waals surface area contributed by atoms with E-state index in [1.54, 1.807) is 0 Å². The van der Waals surface area contributed by atoms with Crippen molar-refractivity contribution in [3.63, 3.8) is 0 Å². The molecule has 0 fully saturated rings. The van der Waals surface area contributed by atoms with E-state index >= 15 is 0 Å². The average Bonchev–Trinajstić information content (AvgIpc) is 2.69. The molecule has 1 rings (SSSR count). The van der Waals surface area contributed by atoms with Gasteiger partial charge in [-0.2, -0.15) is 11.1 Å². The smallest absolute Gasteiger partial charge is 0.125 e. The maximum absolute atomic E-state index is 5.81. The molecular weight excluding hydrogens is 364 g/mol. The van der Waals surface area contributed by atoms with Gasteiger partial charge in [-0.05, 0) is 13.0 Å². The zero-order valence-electron chi connectivity index (χ0n) is 18.5. The minimum Gasteiger partial charge on any atom is -0.176 e. The number of hydrogen-bond donors (Lipinski definition) is 0. The molecule has 2 heteroatoms. The van der Waals surface area contributed by atoms with Crippen molar-refractivity contribution in [2.45, 2.75) is 123 Å². The largest absolute Gasteiger partial charge is 0.176 e. The Bertz CT molecular complexity index is 348. The molecule has 0 radical (unpaired) electrons. The summed E-state index contributed by atoms with van der Waals surface area (Å²) in [4.78, 5) is 0. The molecule has 0 atom stereocenters. The maximum Gasteiger partial charge on any atom is 0.125 e. The topological polar surface area (TPSA) is 0 Å². The Morgan fingerprint density at radius 3 is 1.26 bits per heavy atom. The normalized spacial score (nSPS) is 10.9. The van der Waals surface area contributed by atoms with E-state index in [4.69, 9.17) is 11.1 Å². The Hall–Kier alpha value is -0.273. The van der Waals surface area contributed by atoms with Gasteiger partial charge in [0, 0.05) is 0 Å². The summed E-state index contributed by atoms with van der Waals surface area (Å²) < 4.78 is 0. The van der Waals surface area contributed by atoms with Crippen molar-refractivity contribution in [2.75, 3.05) is 0 Å². The predicted molar refractivity (Wildman–Crippen MR) is 130 cm³/mol. The molecule has 0 amide bonds. The first-order valence-corrected chi connectivity index (χ1v) is 15.0. The Morgan fingerprint density at radius 2 is 0.963 bits per heavy atom. The summed E-state index contributed by atoms with van der Waals surface area (Å²) in [7, 11) is -0.178. The minimum atomic E-state index is -0.178. The standard InChI is InChI=1S/C18H39ClSi.C7H8/c1-2-3-4-5-6-7-8-9-10-11-12-13-14-15-16-17-18-20-19;1-7-5-3-2-4-6-7/h2-18,20H2,1H3;2-6H,1H3. The third-order valence-corrected chi connectivity index (χ3v) is 6.75. The summed E-state index contributed by atoms with van der Waals surface area (Å²) in [5, 5.41) is 0.